The van der Waals surface area contributed by atoms with Crippen LogP contribution in [0.4, 0.5) is 10.1 Å². The second-order valence-corrected chi connectivity index (χ2v) is 7.45. The maximum absolute atomic E-state index is 13.6. The third-order valence-corrected chi connectivity index (χ3v) is 4.37. The number of halogens is 1. The van der Waals surface area contributed by atoms with Crippen LogP contribution in [-0.2, 0) is 6.54 Å². The molecule has 0 aromatic heterocycles. The van der Waals surface area contributed by atoms with Crippen LogP contribution in [0.15, 0.2) is 18.2 Å². The van der Waals surface area contributed by atoms with Crippen LogP contribution in [-0.4, -0.2) is 19.6 Å². The molecule has 21 heavy (non-hydrogen) atoms. The molecule has 1 aromatic carbocycles. The molecule has 1 aliphatic heterocycles. The summed E-state index contributed by atoms with van der Waals surface area (Å²) in [5.41, 5.74) is 2.71. The molecule has 0 unspecified atom stereocenters. The molecule has 1 heterocycles. The maximum atomic E-state index is 13.6. The van der Waals surface area contributed by atoms with Crippen molar-refractivity contribution in [3.63, 3.8) is 0 Å². The zero-order valence-corrected chi connectivity index (χ0v) is 13.9. The first-order valence-corrected chi connectivity index (χ1v) is 8.11. The Bertz CT molecular complexity index is 458. The maximum Gasteiger partial charge on any atom is 0.123 e. The topological polar surface area (TPSA) is 15.3 Å². The Balaban J connectivity index is 2.08. The minimum Gasteiger partial charge on any atom is -0.371 e. The number of hydrogen-bond donors (Lipinski definition) is 1. The number of rotatable bonds is 5. The number of nitrogens with one attached hydrogen (secondary N) is 1. The molecule has 1 fully saturated rings. The summed E-state index contributed by atoms with van der Waals surface area (Å²) in [6.07, 6.45) is 2.40. The van der Waals surface area contributed by atoms with Crippen molar-refractivity contribution < 1.29 is 4.39 Å². The van der Waals surface area contributed by atoms with E-state index in [4.69, 9.17) is 0 Å². The average molecular weight is 292 g/mol. The van der Waals surface area contributed by atoms with E-state index in [9.17, 15) is 4.39 Å². The minimum atomic E-state index is -0.141. The fourth-order valence-electron chi connectivity index (χ4n) is 2.85. The smallest absolute Gasteiger partial charge is 0.123 e. The quantitative estimate of drug-likeness (QED) is 0.875. The van der Waals surface area contributed by atoms with E-state index in [-0.39, 0.29) is 5.82 Å². The molecule has 0 amide bonds. The van der Waals surface area contributed by atoms with Crippen molar-refractivity contribution in [1.82, 2.24) is 5.32 Å². The van der Waals surface area contributed by atoms with Gasteiger partial charge in [-0.25, -0.2) is 4.39 Å². The fourth-order valence-corrected chi connectivity index (χ4v) is 2.85. The average Bonchev–Trinajstić information content (AvgIpc) is 2.39. The van der Waals surface area contributed by atoms with Crippen LogP contribution in [0.3, 0.4) is 0 Å². The van der Waals surface area contributed by atoms with Gasteiger partial charge in [0.15, 0.2) is 0 Å². The summed E-state index contributed by atoms with van der Waals surface area (Å²) < 4.78 is 13.6. The summed E-state index contributed by atoms with van der Waals surface area (Å²) in [5, 5.41) is 3.43. The van der Waals surface area contributed by atoms with Gasteiger partial charge in [0.1, 0.15) is 5.82 Å². The third kappa shape index (κ3) is 4.70. The van der Waals surface area contributed by atoms with Crippen LogP contribution in [0, 0.1) is 17.2 Å². The van der Waals surface area contributed by atoms with Crippen LogP contribution < -0.4 is 10.2 Å². The molecule has 2 nitrogen and oxygen atoms in total. The first-order valence-electron chi connectivity index (χ1n) is 8.11. The minimum absolute atomic E-state index is 0.141. The second kappa shape index (κ2) is 6.78. The van der Waals surface area contributed by atoms with E-state index >= 15 is 0 Å². The molecule has 1 aliphatic rings. The predicted octanol–water partition coefficient (Wildman–Crippen LogP) is 4.20. The van der Waals surface area contributed by atoms with Crippen molar-refractivity contribution in [3.8, 4) is 0 Å². The highest BCUT2D eigenvalue weighted by atomic mass is 19.1. The predicted molar refractivity (Wildman–Crippen MR) is 88.2 cm³/mol. The molecule has 118 valence electrons. The monoisotopic (exact) mass is 292 g/mol. The molecule has 0 saturated carbocycles. The molecular formula is C18H29FN2. The van der Waals surface area contributed by atoms with Crippen LogP contribution in [0.1, 0.15) is 46.1 Å². The van der Waals surface area contributed by atoms with Crippen LogP contribution in [0.25, 0.3) is 0 Å². The first-order chi connectivity index (χ1) is 9.87. The molecule has 3 heteroatoms. The Morgan fingerprint density at radius 2 is 1.90 bits per heavy atom. The molecule has 0 bridgehead atoms. The first kappa shape index (κ1) is 16.3. The lowest BCUT2D eigenvalue weighted by Gasteiger charge is -2.39. The zero-order valence-electron chi connectivity index (χ0n) is 13.9. The molecule has 1 N–H and O–H groups in total. The van der Waals surface area contributed by atoms with Gasteiger partial charge < -0.3 is 10.2 Å². The van der Waals surface area contributed by atoms with Gasteiger partial charge in [0.05, 0.1) is 0 Å². The zero-order chi connectivity index (χ0) is 15.5. The molecule has 0 spiro atoms. The molecule has 0 atom stereocenters. The number of anilines is 1. The lowest BCUT2D eigenvalue weighted by atomic mass is 9.82. The highest BCUT2D eigenvalue weighted by Crippen LogP contribution is 2.33. The number of piperidine rings is 1. The molecule has 1 aromatic rings. The van der Waals surface area contributed by atoms with E-state index in [0.29, 0.717) is 11.3 Å². The lowest BCUT2D eigenvalue weighted by Crippen LogP contribution is -2.38. The van der Waals surface area contributed by atoms with Crippen LogP contribution >= 0.6 is 0 Å². The van der Waals surface area contributed by atoms with Gasteiger partial charge in [-0.3, -0.25) is 0 Å². The summed E-state index contributed by atoms with van der Waals surface area (Å²) in [6.45, 7) is 12.9. The van der Waals surface area contributed by atoms with E-state index in [0.717, 1.165) is 31.7 Å². The highest BCUT2D eigenvalue weighted by molar-refractivity contribution is 5.54. The van der Waals surface area contributed by atoms with Gasteiger partial charge in [0.2, 0.25) is 0 Å². The summed E-state index contributed by atoms with van der Waals surface area (Å²) in [5.74, 6) is 0.468. The van der Waals surface area contributed by atoms with E-state index in [1.165, 1.54) is 18.5 Å². The van der Waals surface area contributed by atoms with Gasteiger partial charge >= 0.3 is 0 Å². The Kier molecular flexibility index (Phi) is 5.26. The third-order valence-electron chi connectivity index (χ3n) is 4.37. The van der Waals surface area contributed by atoms with Gasteiger partial charge in [0, 0.05) is 25.3 Å². The Labute approximate surface area is 128 Å². The van der Waals surface area contributed by atoms with Crippen LogP contribution in [0.2, 0.25) is 0 Å². The number of nitrogens with zero attached hydrogens (tertiary/aromatic N) is 1. The van der Waals surface area contributed by atoms with Crippen molar-refractivity contribution in [3.05, 3.63) is 29.6 Å². The summed E-state index contributed by atoms with van der Waals surface area (Å²) in [4.78, 5) is 2.41. The van der Waals surface area contributed by atoms with E-state index in [1.54, 1.807) is 12.1 Å². The van der Waals surface area contributed by atoms with Gasteiger partial charge in [-0.1, -0.05) is 27.7 Å². The molecule has 1 saturated heterocycles. The van der Waals surface area contributed by atoms with E-state index in [2.05, 4.69) is 37.9 Å². The van der Waals surface area contributed by atoms with Crippen molar-refractivity contribution in [2.75, 3.05) is 24.5 Å². The van der Waals surface area contributed by atoms with Crippen molar-refractivity contribution >= 4 is 5.69 Å². The van der Waals surface area contributed by atoms with Gasteiger partial charge in [0.25, 0.3) is 0 Å². The largest absolute Gasteiger partial charge is 0.371 e. The highest BCUT2D eigenvalue weighted by Gasteiger charge is 2.26. The van der Waals surface area contributed by atoms with Crippen molar-refractivity contribution in [2.45, 2.75) is 47.1 Å². The Morgan fingerprint density at radius 1 is 1.24 bits per heavy atom. The normalized spacial score (nSPS) is 18.3. The van der Waals surface area contributed by atoms with E-state index in [1.807, 2.05) is 6.07 Å². The summed E-state index contributed by atoms with van der Waals surface area (Å²) >= 11 is 0. The Hall–Kier alpha value is -1.09. The lowest BCUT2D eigenvalue weighted by molar-refractivity contribution is 0.279. The standard InChI is InChI=1S/C18H29FN2/c1-14(2)12-20-13-15-11-16(19)5-6-17(15)21-9-7-18(3,4)8-10-21/h5-6,11,14,20H,7-10,12-13H2,1-4H3. The second-order valence-electron chi connectivity index (χ2n) is 7.45. The fraction of sp³-hybridized carbons (Fsp3) is 0.667. The van der Waals surface area contributed by atoms with Crippen molar-refractivity contribution in [1.29, 1.82) is 0 Å². The number of benzene rings is 1. The molecule has 0 aliphatic carbocycles. The molecule has 2 rings (SSSR count). The summed E-state index contributed by atoms with van der Waals surface area (Å²) in [6, 6.07) is 5.21. The van der Waals surface area contributed by atoms with Crippen LogP contribution in [0.5, 0.6) is 0 Å². The van der Waals surface area contributed by atoms with Gasteiger partial charge in [-0.15, -0.1) is 0 Å². The van der Waals surface area contributed by atoms with Gasteiger partial charge in [-0.2, -0.15) is 0 Å². The van der Waals surface area contributed by atoms with E-state index < -0.39 is 0 Å². The SMILES string of the molecule is CC(C)CNCc1cc(F)ccc1N1CCC(C)(C)CC1. The van der Waals surface area contributed by atoms with Crippen molar-refractivity contribution in [2.24, 2.45) is 11.3 Å². The Morgan fingerprint density at radius 3 is 2.52 bits per heavy atom. The molecular weight excluding hydrogens is 263 g/mol. The summed E-state index contributed by atoms with van der Waals surface area (Å²) in [7, 11) is 0. The number of hydrogen-bond acceptors (Lipinski definition) is 2. The van der Waals surface area contributed by atoms with Gasteiger partial charge in [-0.05, 0) is 54.5 Å². The molecule has 0 radical (unpaired) electrons.